The molecule has 0 spiro atoms. The smallest absolute Gasteiger partial charge is 0.340 e. The fraction of sp³-hybridized carbons (Fsp3) is 0.250. The molecule has 3 aromatic rings. The Morgan fingerprint density at radius 2 is 1.88 bits per heavy atom. The SMILES string of the molecule is COc1cc2c(C(=O)O)c(-c3ccc(F)cc3)oc2cc1N1CCCC1. The first-order chi connectivity index (χ1) is 12.6. The Balaban J connectivity index is 1.94. The average molecular weight is 355 g/mol. The van der Waals surface area contributed by atoms with E-state index in [9.17, 15) is 14.3 Å². The molecule has 0 unspecified atom stereocenters. The van der Waals surface area contributed by atoms with E-state index in [0.717, 1.165) is 31.6 Å². The van der Waals surface area contributed by atoms with Crippen LogP contribution in [0.3, 0.4) is 0 Å². The van der Waals surface area contributed by atoms with Crippen LogP contribution in [0.2, 0.25) is 0 Å². The molecule has 0 radical (unpaired) electrons. The van der Waals surface area contributed by atoms with E-state index in [0.29, 0.717) is 22.3 Å². The maximum absolute atomic E-state index is 13.2. The minimum atomic E-state index is -1.10. The number of rotatable bonds is 4. The van der Waals surface area contributed by atoms with Gasteiger partial charge in [-0.3, -0.25) is 0 Å². The van der Waals surface area contributed by atoms with Crippen molar-refractivity contribution in [3.8, 4) is 17.1 Å². The Hall–Kier alpha value is -3.02. The van der Waals surface area contributed by atoms with Crippen LogP contribution in [-0.2, 0) is 0 Å². The van der Waals surface area contributed by atoms with Crippen LogP contribution >= 0.6 is 0 Å². The second-order valence-electron chi connectivity index (χ2n) is 6.33. The Morgan fingerprint density at radius 1 is 1.19 bits per heavy atom. The molecule has 0 amide bonds. The van der Waals surface area contributed by atoms with Gasteiger partial charge in [-0.05, 0) is 43.2 Å². The number of fused-ring (bicyclic) bond motifs is 1. The second-order valence-corrected chi connectivity index (χ2v) is 6.33. The summed E-state index contributed by atoms with van der Waals surface area (Å²) in [5.74, 6) is -0.653. The lowest BCUT2D eigenvalue weighted by molar-refractivity contribution is 0.0699. The third-order valence-electron chi connectivity index (χ3n) is 4.76. The fourth-order valence-electron chi connectivity index (χ4n) is 3.50. The van der Waals surface area contributed by atoms with Crippen LogP contribution in [0.1, 0.15) is 23.2 Å². The van der Waals surface area contributed by atoms with Crippen LogP contribution in [0.15, 0.2) is 40.8 Å². The van der Waals surface area contributed by atoms with Gasteiger partial charge in [-0.1, -0.05) is 0 Å². The molecule has 0 aliphatic carbocycles. The molecule has 2 heterocycles. The van der Waals surface area contributed by atoms with Gasteiger partial charge in [0.2, 0.25) is 0 Å². The summed E-state index contributed by atoms with van der Waals surface area (Å²) in [6.45, 7) is 1.86. The molecule has 6 heteroatoms. The zero-order valence-electron chi connectivity index (χ0n) is 14.3. The summed E-state index contributed by atoms with van der Waals surface area (Å²) >= 11 is 0. The third-order valence-corrected chi connectivity index (χ3v) is 4.76. The number of benzene rings is 2. The van der Waals surface area contributed by atoms with Crippen LogP contribution in [0, 0.1) is 5.82 Å². The Bertz CT molecular complexity index is 972. The van der Waals surface area contributed by atoms with E-state index in [1.54, 1.807) is 13.2 Å². The zero-order chi connectivity index (χ0) is 18.3. The summed E-state index contributed by atoms with van der Waals surface area (Å²) in [6, 6.07) is 9.13. The van der Waals surface area contributed by atoms with Crippen molar-refractivity contribution in [2.24, 2.45) is 0 Å². The van der Waals surface area contributed by atoms with E-state index < -0.39 is 5.97 Å². The van der Waals surface area contributed by atoms with Gasteiger partial charge >= 0.3 is 5.97 Å². The molecule has 26 heavy (non-hydrogen) atoms. The minimum absolute atomic E-state index is 0.0536. The number of methoxy groups -OCH3 is 1. The number of hydrogen-bond acceptors (Lipinski definition) is 4. The van der Waals surface area contributed by atoms with Gasteiger partial charge in [-0.25, -0.2) is 9.18 Å². The van der Waals surface area contributed by atoms with Crippen LogP contribution in [-0.4, -0.2) is 31.3 Å². The first kappa shape index (κ1) is 16.4. The number of furan rings is 1. The normalized spacial score (nSPS) is 14.2. The predicted molar refractivity (Wildman–Crippen MR) is 96.6 cm³/mol. The first-order valence-corrected chi connectivity index (χ1v) is 8.47. The van der Waals surface area contributed by atoms with Crippen molar-refractivity contribution in [3.05, 3.63) is 47.8 Å². The number of carboxylic acid groups (broad SMARTS) is 1. The molecular formula is C20H18FNO4. The minimum Gasteiger partial charge on any atom is -0.495 e. The Labute approximate surface area is 149 Å². The lowest BCUT2D eigenvalue weighted by Gasteiger charge is -2.20. The second kappa shape index (κ2) is 6.37. The number of aromatic carboxylic acids is 1. The average Bonchev–Trinajstić information content (AvgIpc) is 3.28. The number of carbonyl (C=O) groups is 1. The van der Waals surface area contributed by atoms with Gasteiger partial charge in [0.1, 0.15) is 28.5 Å². The lowest BCUT2D eigenvalue weighted by Crippen LogP contribution is -2.18. The van der Waals surface area contributed by atoms with Crippen molar-refractivity contribution in [1.82, 2.24) is 0 Å². The molecule has 1 aromatic heterocycles. The molecule has 0 atom stereocenters. The molecular weight excluding hydrogens is 337 g/mol. The van der Waals surface area contributed by atoms with E-state index in [4.69, 9.17) is 9.15 Å². The van der Waals surface area contributed by atoms with Crippen LogP contribution in [0.5, 0.6) is 5.75 Å². The number of ether oxygens (including phenoxy) is 1. The summed E-state index contributed by atoms with van der Waals surface area (Å²) in [5.41, 5.74) is 1.94. The van der Waals surface area contributed by atoms with Gasteiger partial charge in [0.05, 0.1) is 12.8 Å². The zero-order valence-corrected chi connectivity index (χ0v) is 14.3. The number of halogens is 1. The van der Waals surface area contributed by atoms with Crippen LogP contribution < -0.4 is 9.64 Å². The molecule has 1 N–H and O–H groups in total. The summed E-state index contributed by atoms with van der Waals surface area (Å²) < 4.78 is 24.6. The van der Waals surface area contributed by atoms with Crippen molar-refractivity contribution < 1.29 is 23.4 Å². The molecule has 1 saturated heterocycles. The predicted octanol–water partition coefficient (Wildman–Crippen LogP) is 4.55. The van der Waals surface area contributed by atoms with E-state index in [2.05, 4.69) is 4.90 Å². The highest BCUT2D eigenvalue weighted by Gasteiger charge is 2.25. The Morgan fingerprint density at radius 3 is 2.50 bits per heavy atom. The Kier molecular flexibility index (Phi) is 4.03. The standard InChI is InChI=1S/C20H18FNO4/c1-25-17-10-14-16(11-15(17)22-8-2-3-9-22)26-19(18(14)20(23)24)12-4-6-13(21)7-5-12/h4-7,10-11H,2-3,8-9H2,1H3,(H,23,24). The largest absolute Gasteiger partial charge is 0.495 e. The van der Waals surface area contributed by atoms with E-state index in [1.165, 1.54) is 24.3 Å². The van der Waals surface area contributed by atoms with Gasteiger partial charge < -0.3 is 19.2 Å². The van der Waals surface area contributed by atoms with E-state index in [1.807, 2.05) is 6.07 Å². The molecule has 134 valence electrons. The van der Waals surface area contributed by atoms with Crippen molar-refractivity contribution in [2.45, 2.75) is 12.8 Å². The molecule has 1 aliphatic rings. The fourth-order valence-corrected chi connectivity index (χ4v) is 3.50. The highest BCUT2D eigenvalue weighted by Crippen LogP contribution is 2.41. The quantitative estimate of drug-likeness (QED) is 0.744. The molecule has 0 bridgehead atoms. The molecule has 1 fully saturated rings. The van der Waals surface area contributed by atoms with Crippen molar-refractivity contribution in [1.29, 1.82) is 0 Å². The summed E-state index contributed by atoms with van der Waals surface area (Å²) in [7, 11) is 1.57. The number of anilines is 1. The van der Waals surface area contributed by atoms with E-state index in [-0.39, 0.29) is 17.1 Å². The highest BCUT2D eigenvalue weighted by molar-refractivity contribution is 6.09. The van der Waals surface area contributed by atoms with Gasteiger partial charge in [-0.15, -0.1) is 0 Å². The molecule has 5 nitrogen and oxygen atoms in total. The van der Waals surface area contributed by atoms with Crippen molar-refractivity contribution in [3.63, 3.8) is 0 Å². The monoisotopic (exact) mass is 355 g/mol. The van der Waals surface area contributed by atoms with Gasteiger partial charge in [0.15, 0.2) is 0 Å². The maximum atomic E-state index is 13.2. The van der Waals surface area contributed by atoms with Crippen molar-refractivity contribution in [2.75, 3.05) is 25.1 Å². The lowest BCUT2D eigenvalue weighted by atomic mass is 10.0. The topological polar surface area (TPSA) is 62.9 Å². The number of hydrogen-bond donors (Lipinski definition) is 1. The highest BCUT2D eigenvalue weighted by atomic mass is 19.1. The summed E-state index contributed by atoms with van der Waals surface area (Å²) in [4.78, 5) is 14.1. The molecule has 2 aromatic carbocycles. The van der Waals surface area contributed by atoms with Gasteiger partial charge in [0, 0.05) is 30.1 Å². The molecule has 0 saturated carbocycles. The number of carboxylic acids is 1. The summed E-state index contributed by atoms with van der Waals surface area (Å²) in [5, 5.41) is 10.2. The van der Waals surface area contributed by atoms with Gasteiger partial charge in [0.25, 0.3) is 0 Å². The van der Waals surface area contributed by atoms with Crippen molar-refractivity contribution >= 4 is 22.6 Å². The van der Waals surface area contributed by atoms with Gasteiger partial charge in [-0.2, -0.15) is 0 Å². The number of nitrogens with zero attached hydrogens (tertiary/aromatic N) is 1. The molecule has 4 rings (SSSR count). The van der Waals surface area contributed by atoms with Crippen LogP contribution in [0.25, 0.3) is 22.3 Å². The van der Waals surface area contributed by atoms with Crippen LogP contribution in [0.4, 0.5) is 10.1 Å². The third kappa shape index (κ3) is 2.67. The summed E-state index contributed by atoms with van der Waals surface area (Å²) in [6.07, 6.45) is 2.22. The molecule has 1 aliphatic heterocycles. The van der Waals surface area contributed by atoms with E-state index >= 15 is 0 Å². The maximum Gasteiger partial charge on any atom is 0.340 e. The first-order valence-electron chi connectivity index (χ1n) is 8.47.